The molecule has 0 atom stereocenters. The second kappa shape index (κ2) is 12.0. The zero-order chi connectivity index (χ0) is 26.4. The van der Waals surface area contributed by atoms with Gasteiger partial charge in [-0.05, 0) is 43.5 Å². The normalized spacial score (nSPS) is 13.4. The molecule has 0 spiro atoms. The first-order valence-electron chi connectivity index (χ1n) is 11.6. The minimum absolute atomic E-state index is 0.0692. The van der Waals surface area contributed by atoms with Gasteiger partial charge in [0.15, 0.2) is 11.6 Å². The van der Waals surface area contributed by atoms with Gasteiger partial charge in [0.05, 0.1) is 0 Å². The van der Waals surface area contributed by atoms with Gasteiger partial charge in [-0.25, -0.2) is 0 Å². The van der Waals surface area contributed by atoms with E-state index in [1.54, 1.807) is 36.7 Å². The van der Waals surface area contributed by atoms with Crippen LogP contribution in [0.2, 0.25) is 0 Å². The number of ketones is 2. The van der Waals surface area contributed by atoms with Crippen LogP contribution in [0.3, 0.4) is 0 Å². The van der Waals surface area contributed by atoms with Crippen LogP contribution in [0.15, 0.2) is 64.6 Å². The van der Waals surface area contributed by atoms with Crippen molar-refractivity contribution in [3.63, 3.8) is 0 Å². The molecule has 5 heteroatoms. The Morgan fingerprint density at radius 1 is 0.722 bits per heavy atom. The molecule has 36 heavy (non-hydrogen) atoms. The van der Waals surface area contributed by atoms with Crippen molar-refractivity contribution in [1.29, 1.82) is 0 Å². The van der Waals surface area contributed by atoms with Crippen molar-refractivity contribution >= 4 is 33.8 Å². The van der Waals surface area contributed by atoms with Gasteiger partial charge >= 0.3 is 45.4 Å². The molecule has 2 aliphatic rings. The predicted molar refractivity (Wildman–Crippen MR) is 145 cm³/mol. The molecule has 0 saturated carbocycles. The van der Waals surface area contributed by atoms with Gasteiger partial charge in [-0.1, -0.05) is 62.7 Å². The third-order valence-electron chi connectivity index (χ3n) is 5.60. The Kier molecular flexibility index (Phi) is 9.09. The molecule has 0 saturated heterocycles. The number of benzene rings is 3. The molecule has 0 radical (unpaired) electrons. The summed E-state index contributed by atoms with van der Waals surface area (Å²) in [7, 11) is 0. The Morgan fingerprint density at radius 2 is 1.22 bits per heavy atom. The molecule has 1 heterocycles. The number of allylic oxidation sites excluding steroid dienone is 2. The molecule has 5 rings (SSSR count). The first-order valence-corrected chi connectivity index (χ1v) is 12.4. The van der Waals surface area contributed by atoms with Crippen molar-refractivity contribution in [3.8, 4) is 0 Å². The summed E-state index contributed by atoms with van der Waals surface area (Å²) in [6.45, 7) is 12.2. The van der Waals surface area contributed by atoms with Gasteiger partial charge < -0.3 is 0 Å². The average Bonchev–Trinajstić information content (AvgIpc) is 3.27. The van der Waals surface area contributed by atoms with Gasteiger partial charge in [-0.15, -0.1) is 0 Å². The van der Waals surface area contributed by atoms with Crippen LogP contribution < -0.4 is 0 Å². The molecule has 0 fully saturated rings. The zero-order valence-electron chi connectivity index (χ0n) is 21.4. The molecule has 3 aromatic rings. The fourth-order valence-corrected chi connectivity index (χ4v) is 4.66. The second-order valence-corrected chi connectivity index (χ2v) is 9.59. The maximum atomic E-state index is 12.7. The van der Waals surface area contributed by atoms with Crippen LogP contribution in [-0.2, 0) is 18.7 Å². The van der Waals surface area contributed by atoms with Crippen molar-refractivity contribution in [3.05, 3.63) is 111 Å². The van der Waals surface area contributed by atoms with E-state index in [-0.39, 0.29) is 11.6 Å². The molecule has 0 unspecified atom stereocenters. The number of nitrogens with zero attached hydrogens (tertiary/aromatic N) is 2. The van der Waals surface area contributed by atoms with Crippen molar-refractivity contribution in [2.24, 2.45) is 9.98 Å². The van der Waals surface area contributed by atoms with E-state index in [1.807, 2.05) is 32.9 Å². The van der Waals surface area contributed by atoms with E-state index in [0.29, 0.717) is 20.9 Å². The fourth-order valence-electron chi connectivity index (χ4n) is 4.43. The van der Waals surface area contributed by atoms with Crippen LogP contribution in [0.1, 0.15) is 59.7 Å². The minimum atomic E-state index is -0.0976. The molecular weight excluding hydrogens is 539 g/mol. The first kappa shape index (κ1) is 27.2. The number of hydrogen-bond donors (Lipinski definition) is 0. The van der Waals surface area contributed by atoms with Crippen LogP contribution in [0, 0.1) is 47.6 Å². The maximum absolute atomic E-state index is 12.7. The molecule has 1 aliphatic carbocycles. The van der Waals surface area contributed by atoms with E-state index in [2.05, 4.69) is 67.7 Å². The van der Waals surface area contributed by atoms with Crippen molar-refractivity contribution in [1.82, 2.24) is 0 Å². The number of fused-ring (bicyclic) bond motifs is 1. The van der Waals surface area contributed by atoms with Gasteiger partial charge in [0.2, 0.25) is 0 Å². The number of hydrogen-bond acceptors (Lipinski definition) is 4. The molecule has 0 aromatic heterocycles. The molecule has 0 bridgehead atoms. The van der Waals surface area contributed by atoms with Gasteiger partial charge in [0.1, 0.15) is 0 Å². The Balaban J connectivity index is 0.000000196. The van der Waals surface area contributed by atoms with Crippen LogP contribution >= 0.6 is 0 Å². The SMILES string of the molecule is Cc1[c-]c(C)cc(C)c1.Cc1cc(C)c(C2=CC(=O)c3ccccc3C2=O)c(C)c1.[Pd]=[C]1N=CC=N1. The van der Waals surface area contributed by atoms with E-state index < -0.39 is 0 Å². The molecule has 4 nitrogen and oxygen atoms in total. The Hall–Kier alpha value is -3.39. The Morgan fingerprint density at radius 3 is 1.69 bits per heavy atom. The van der Waals surface area contributed by atoms with Gasteiger partial charge in [0, 0.05) is 16.7 Å². The molecular formula is C31H29N2O2Pd-. The van der Waals surface area contributed by atoms with Gasteiger partial charge in [-0.3, -0.25) is 9.59 Å². The number of rotatable bonds is 1. The van der Waals surface area contributed by atoms with E-state index >= 15 is 0 Å². The molecule has 1 aliphatic heterocycles. The standard InChI is InChI=1S/C19H16O2.C9H11.C3H2N2.Pd/c1-11-8-12(2)18(13(3)9-11)16-10-17(20)14-6-4-5-7-15(14)19(16)21;1-7-4-8(2)6-9(3)5-7;1-2-5-3-4-1;/h4-10H,1-3H3;4-5H,1-3H3;1-2H;/q;-1;;. The van der Waals surface area contributed by atoms with E-state index in [0.717, 1.165) is 22.3 Å². The summed E-state index contributed by atoms with van der Waals surface area (Å²) in [4.78, 5) is 32.5. The topological polar surface area (TPSA) is 58.9 Å². The van der Waals surface area contributed by atoms with Crippen LogP contribution in [-0.4, -0.2) is 28.2 Å². The first-order chi connectivity index (χ1) is 17.1. The van der Waals surface area contributed by atoms with E-state index in [4.69, 9.17) is 0 Å². The molecule has 3 aromatic carbocycles. The molecule has 0 amide bonds. The molecule has 186 valence electrons. The Labute approximate surface area is 223 Å². The van der Waals surface area contributed by atoms with E-state index in [9.17, 15) is 9.59 Å². The van der Waals surface area contributed by atoms with Crippen molar-refractivity contribution in [2.75, 3.05) is 0 Å². The van der Waals surface area contributed by atoms with Crippen LogP contribution in [0.5, 0.6) is 0 Å². The third kappa shape index (κ3) is 6.85. The van der Waals surface area contributed by atoms with Crippen molar-refractivity contribution in [2.45, 2.75) is 41.5 Å². The van der Waals surface area contributed by atoms with Crippen LogP contribution in [0.25, 0.3) is 5.57 Å². The summed E-state index contributed by atoms with van der Waals surface area (Å²) in [5, 5.41) is 0. The zero-order valence-corrected chi connectivity index (χ0v) is 22.9. The average molecular weight is 568 g/mol. The van der Waals surface area contributed by atoms with Gasteiger partial charge in [0.25, 0.3) is 0 Å². The summed E-state index contributed by atoms with van der Waals surface area (Å²) >= 11 is 2.82. The monoisotopic (exact) mass is 567 g/mol. The number of aryl methyl sites for hydroxylation is 6. The quantitative estimate of drug-likeness (QED) is 0.257. The summed E-state index contributed by atoms with van der Waals surface area (Å²) in [5.74, 6) is -0.167. The fraction of sp³-hybridized carbons (Fsp3) is 0.194. The number of carbonyl (C=O) groups excluding carboxylic acids is 2. The third-order valence-corrected chi connectivity index (χ3v) is 6.00. The van der Waals surface area contributed by atoms with E-state index in [1.165, 1.54) is 22.8 Å². The second-order valence-electron chi connectivity index (χ2n) is 8.89. The summed E-state index contributed by atoms with van der Waals surface area (Å²) in [5.41, 5.74) is 9.38. The number of carbonyl (C=O) groups is 2. The van der Waals surface area contributed by atoms with Gasteiger partial charge in [-0.2, -0.15) is 34.9 Å². The number of aliphatic imine (C=N–C) groups is 2. The Bertz CT molecular complexity index is 1360. The summed E-state index contributed by atoms with van der Waals surface area (Å²) < 4.78 is 0.693. The molecule has 0 N–H and O–H groups in total. The summed E-state index contributed by atoms with van der Waals surface area (Å²) in [6, 6.07) is 18.6. The predicted octanol–water partition coefficient (Wildman–Crippen LogP) is 6.26. The summed E-state index contributed by atoms with van der Waals surface area (Å²) in [6.07, 6.45) is 4.76. The van der Waals surface area contributed by atoms with Crippen LogP contribution in [0.4, 0.5) is 0 Å². The number of Topliss-reactive ketones (excluding diaryl/α,β-unsaturated/α-hetero) is 1. The van der Waals surface area contributed by atoms with Crippen molar-refractivity contribution < 1.29 is 28.3 Å².